The van der Waals surface area contributed by atoms with Crippen LogP contribution < -0.4 is 5.46 Å². The molecular formula is C21H36BClO3Si. The molecule has 3 nitrogen and oxygen atoms in total. The molecule has 1 saturated heterocycles. The first-order valence-electron chi connectivity index (χ1n) is 9.87. The van der Waals surface area contributed by atoms with Crippen LogP contribution in [0.25, 0.3) is 0 Å². The third-order valence-electron chi connectivity index (χ3n) is 6.41. The summed E-state index contributed by atoms with van der Waals surface area (Å²) < 4.78 is 18.7. The van der Waals surface area contributed by atoms with Gasteiger partial charge in [0.2, 0.25) is 0 Å². The van der Waals surface area contributed by atoms with Gasteiger partial charge in [0.15, 0.2) is 8.32 Å². The molecule has 6 heteroatoms. The molecule has 0 saturated carbocycles. The molecule has 0 bridgehead atoms. The van der Waals surface area contributed by atoms with Crippen molar-refractivity contribution in [1.82, 2.24) is 0 Å². The van der Waals surface area contributed by atoms with Crippen LogP contribution in [0, 0.1) is 0 Å². The lowest BCUT2D eigenvalue weighted by Crippen LogP contribution is -2.43. The van der Waals surface area contributed by atoms with E-state index in [-0.39, 0.29) is 29.5 Å². The number of rotatable bonds is 5. The SMILES string of the molecule is CC(Cc1ccc(B2OC(C)(C)C(C)(C)O2)cc1Cl)O[Si](C)(C)C(C)(C)C. The van der Waals surface area contributed by atoms with Gasteiger partial charge < -0.3 is 13.7 Å². The van der Waals surface area contributed by atoms with Gasteiger partial charge in [-0.15, -0.1) is 0 Å². The van der Waals surface area contributed by atoms with E-state index in [1.165, 1.54) is 0 Å². The van der Waals surface area contributed by atoms with Gasteiger partial charge in [0.1, 0.15) is 0 Å². The predicted octanol–water partition coefficient (Wildman–Crippen LogP) is 5.59. The van der Waals surface area contributed by atoms with E-state index >= 15 is 0 Å². The Balaban J connectivity index is 2.10. The molecule has 1 aromatic carbocycles. The first-order valence-corrected chi connectivity index (χ1v) is 13.2. The fraction of sp³-hybridized carbons (Fsp3) is 0.714. The van der Waals surface area contributed by atoms with Gasteiger partial charge in [-0.1, -0.05) is 44.5 Å². The molecule has 0 N–H and O–H groups in total. The van der Waals surface area contributed by atoms with E-state index in [2.05, 4.69) is 80.6 Å². The molecule has 0 amide bonds. The number of halogens is 1. The van der Waals surface area contributed by atoms with E-state index < -0.39 is 8.32 Å². The van der Waals surface area contributed by atoms with E-state index in [0.29, 0.717) is 0 Å². The average molecular weight is 411 g/mol. The lowest BCUT2D eigenvalue weighted by molar-refractivity contribution is 0.00578. The summed E-state index contributed by atoms with van der Waals surface area (Å²) in [4.78, 5) is 0. The van der Waals surface area contributed by atoms with Crippen molar-refractivity contribution < 1.29 is 13.7 Å². The Labute approximate surface area is 172 Å². The largest absolute Gasteiger partial charge is 0.494 e. The molecule has 2 rings (SSSR count). The Bertz CT molecular complexity index is 666. The van der Waals surface area contributed by atoms with Crippen LogP contribution in [0.5, 0.6) is 0 Å². The van der Waals surface area contributed by atoms with Gasteiger partial charge in [-0.05, 0) is 76.3 Å². The maximum Gasteiger partial charge on any atom is 0.494 e. The quantitative estimate of drug-likeness (QED) is 0.592. The van der Waals surface area contributed by atoms with Crippen molar-refractivity contribution in [1.29, 1.82) is 0 Å². The Morgan fingerprint density at radius 1 is 1.11 bits per heavy atom. The molecule has 1 atom stereocenters. The summed E-state index contributed by atoms with van der Waals surface area (Å²) in [7, 11) is -2.17. The minimum Gasteiger partial charge on any atom is -0.414 e. The minimum atomic E-state index is -1.79. The topological polar surface area (TPSA) is 27.7 Å². The summed E-state index contributed by atoms with van der Waals surface area (Å²) in [5.74, 6) is 0. The summed E-state index contributed by atoms with van der Waals surface area (Å²) in [5.41, 5.74) is 1.35. The fourth-order valence-electron chi connectivity index (χ4n) is 2.89. The van der Waals surface area contributed by atoms with Gasteiger partial charge in [-0.25, -0.2) is 0 Å². The normalized spacial score (nSPS) is 20.8. The Hall–Kier alpha value is -0.328. The monoisotopic (exact) mass is 410 g/mol. The number of hydrogen-bond acceptors (Lipinski definition) is 3. The zero-order valence-electron chi connectivity index (χ0n) is 18.7. The summed E-state index contributed by atoms with van der Waals surface area (Å²) >= 11 is 6.60. The first-order chi connectivity index (χ1) is 12.1. The van der Waals surface area contributed by atoms with Crippen LogP contribution in [0.2, 0.25) is 23.2 Å². The second-order valence-corrected chi connectivity index (χ2v) is 15.5. The molecule has 0 spiro atoms. The summed E-state index contributed by atoms with van der Waals surface area (Å²) in [6, 6.07) is 6.11. The van der Waals surface area contributed by atoms with Crippen LogP contribution in [0.4, 0.5) is 0 Å². The van der Waals surface area contributed by atoms with Crippen molar-refractivity contribution >= 4 is 32.5 Å². The standard InChI is InChI=1S/C21H36BClO3Si/c1-15(24-27(9,10)19(2,3)4)13-16-11-12-17(14-18(16)23)22-25-20(5,6)21(7,8)26-22/h11-12,14-15H,13H2,1-10H3. The molecule has 1 aliphatic heterocycles. The minimum absolute atomic E-state index is 0.131. The summed E-state index contributed by atoms with van der Waals surface area (Å²) in [6.45, 7) is 21.7. The van der Waals surface area contributed by atoms with Crippen molar-refractivity contribution in [3.63, 3.8) is 0 Å². The summed E-state index contributed by atoms with van der Waals surface area (Å²) in [6.07, 6.45) is 0.931. The van der Waals surface area contributed by atoms with Crippen LogP contribution in [-0.4, -0.2) is 32.7 Å². The van der Waals surface area contributed by atoms with E-state index in [1.54, 1.807) is 0 Å². The van der Waals surface area contributed by atoms with Gasteiger partial charge in [0.25, 0.3) is 0 Å². The highest BCUT2D eigenvalue weighted by molar-refractivity contribution is 6.74. The van der Waals surface area contributed by atoms with E-state index in [1.807, 2.05) is 6.07 Å². The van der Waals surface area contributed by atoms with Crippen LogP contribution in [0.15, 0.2) is 18.2 Å². The predicted molar refractivity (Wildman–Crippen MR) is 119 cm³/mol. The molecule has 0 radical (unpaired) electrons. The molecular weight excluding hydrogens is 375 g/mol. The van der Waals surface area contributed by atoms with Crippen LogP contribution in [0.1, 0.15) is 61.0 Å². The fourth-order valence-corrected chi connectivity index (χ4v) is 4.59. The Morgan fingerprint density at radius 3 is 2.07 bits per heavy atom. The van der Waals surface area contributed by atoms with Crippen LogP contribution >= 0.6 is 11.6 Å². The van der Waals surface area contributed by atoms with Crippen molar-refractivity contribution in [2.24, 2.45) is 0 Å². The van der Waals surface area contributed by atoms with Gasteiger partial charge in [0, 0.05) is 11.1 Å². The highest BCUT2D eigenvalue weighted by atomic mass is 35.5. The molecule has 1 aliphatic rings. The van der Waals surface area contributed by atoms with Crippen LogP contribution in [0.3, 0.4) is 0 Å². The highest BCUT2D eigenvalue weighted by Crippen LogP contribution is 2.38. The third kappa shape index (κ3) is 4.99. The zero-order chi connectivity index (χ0) is 20.8. The maximum absolute atomic E-state index is 6.60. The van der Waals surface area contributed by atoms with Crippen LogP contribution in [-0.2, 0) is 20.2 Å². The highest BCUT2D eigenvalue weighted by Gasteiger charge is 2.51. The molecule has 1 aromatic rings. The lowest BCUT2D eigenvalue weighted by Gasteiger charge is -2.38. The van der Waals surface area contributed by atoms with Gasteiger partial charge in [-0.3, -0.25) is 0 Å². The lowest BCUT2D eigenvalue weighted by atomic mass is 9.78. The van der Waals surface area contributed by atoms with E-state index in [0.717, 1.165) is 22.5 Å². The third-order valence-corrected chi connectivity index (χ3v) is 11.4. The molecule has 0 aromatic heterocycles. The van der Waals surface area contributed by atoms with E-state index in [9.17, 15) is 0 Å². The van der Waals surface area contributed by atoms with E-state index in [4.69, 9.17) is 25.3 Å². The molecule has 0 aliphatic carbocycles. The second kappa shape index (κ2) is 7.49. The Kier molecular flexibility index (Phi) is 6.37. The first kappa shape index (κ1) is 23.0. The smallest absolute Gasteiger partial charge is 0.414 e. The Morgan fingerprint density at radius 2 is 1.63 bits per heavy atom. The molecule has 1 fully saturated rings. The number of hydrogen-bond donors (Lipinski definition) is 0. The van der Waals surface area contributed by atoms with Crippen molar-refractivity contribution in [2.75, 3.05) is 0 Å². The van der Waals surface area contributed by atoms with Gasteiger partial charge >= 0.3 is 7.12 Å². The molecule has 1 unspecified atom stereocenters. The maximum atomic E-state index is 6.60. The molecule has 1 heterocycles. The van der Waals surface area contributed by atoms with Gasteiger partial charge in [0.05, 0.1) is 11.2 Å². The van der Waals surface area contributed by atoms with Crippen molar-refractivity contribution in [2.45, 2.75) is 97.2 Å². The number of benzene rings is 1. The van der Waals surface area contributed by atoms with Gasteiger partial charge in [-0.2, -0.15) is 0 Å². The molecule has 152 valence electrons. The zero-order valence-corrected chi connectivity index (χ0v) is 20.5. The molecule has 27 heavy (non-hydrogen) atoms. The average Bonchev–Trinajstić information content (AvgIpc) is 2.67. The van der Waals surface area contributed by atoms with Crippen molar-refractivity contribution in [3.05, 3.63) is 28.8 Å². The second-order valence-electron chi connectivity index (χ2n) is 10.3. The van der Waals surface area contributed by atoms with Crippen molar-refractivity contribution in [3.8, 4) is 0 Å². The summed E-state index contributed by atoms with van der Waals surface area (Å²) in [5, 5.41) is 0.943.